The van der Waals surface area contributed by atoms with Crippen molar-refractivity contribution < 1.29 is 69.4 Å². The summed E-state index contributed by atoms with van der Waals surface area (Å²) in [5.74, 6) is -2.32. The first kappa shape index (κ1) is 41.2. The van der Waals surface area contributed by atoms with E-state index in [1.54, 1.807) is 52.1 Å². The summed E-state index contributed by atoms with van der Waals surface area (Å²) in [6, 6.07) is 32.9. The number of hydrogen-bond donors (Lipinski definition) is 4. The summed E-state index contributed by atoms with van der Waals surface area (Å²) in [7, 11) is 0. The summed E-state index contributed by atoms with van der Waals surface area (Å²) < 4.78 is 25.8. The Hall–Kier alpha value is -2.78. The molecule has 0 bridgehead atoms. The quantitative estimate of drug-likeness (QED) is 0.144. The molecule has 250 valence electrons. The Morgan fingerprint density at radius 1 is 0.652 bits per heavy atom. The Morgan fingerprint density at radius 2 is 1.24 bits per heavy atom. The summed E-state index contributed by atoms with van der Waals surface area (Å²) in [4.78, 5) is 8.56. The molecule has 3 aromatic carbocycles. The number of aromatic nitrogens is 2. The van der Waals surface area contributed by atoms with Gasteiger partial charge < -0.3 is 25.4 Å². The van der Waals surface area contributed by atoms with E-state index in [9.17, 15) is 29.2 Å². The summed E-state index contributed by atoms with van der Waals surface area (Å²) in [5, 5.41) is 39.0. The topological polar surface area (TPSA) is 107 Å². The molecule has 46 heavy (non-hydrogen) atoms. The number of hydrogen-bond acceptors (Lipinski definition) is 6. The van der Waals surface area contributed by atoms with E-state index in [2.05, 4.69) is 34.2 Å². The van der Waals surface area contributed by atoms with Crippen molar-refractivity contribution in [1.29, 1.82) is 0 Å². The van der Waals surface area contributed by atoms with Crippen LogP contribution < -0.4 is 0 Å². The second-order valence-electron chi connectivity index (χ2n) is 10.5. The number of halogens is 2. The molecule has 4 N–H and O–H groups in total. The van der Waals surface area contributed by atoms with Gasteiger partial charge in [0.25, 0.3) is 0 Å². The second kappa shape index (κ2) is 20.5. The van der Waals surface area contributed by atoms with Crippen molar-refractivity contribution in [2.75, 3.05) is 0 Å². The molecule has 0 aliphatic rings. The van der Waals surface area contributed by atoms with Gasteiger partial charge in [-0.05, 0) is 56.6 Å². The van der Waals surface area contributed by atoms with E-state index in [0.717, 1.165) is 28.9 Å². The summed E-state index contributed by atoms with van der Waals surface area (Å²) >= 11 is 0. The molecule has 0 aliphatic heterocycles. The van der Waals surface area contributed by atoms with Gasteiger partial charge in [-0.1, -0.05) is 54.1 Å². The number of para-hydroxylation sites is 1. The first-order valence-electron chi connectivity index (χ1n) is 14.3. The van der Waals surface area contributed by atoms with E-state index in [4.69, 9.17) is 0 Å². The maximum atomic E-state index is 13.2. The fourth-order valence-electron chi connectivity index (χ4n) is 5.01. The molecule has 6 nitrogen and oxygen atoms in total. The average molecular weight is 985 g/mol. The Morgan fingerprint density at radius 3 is 1.76 bits per heavy atom. The Kier molecular flexibility index (Phi) is 18.3. The Balaban J connectivity index is 0.000000339. The zero-order chi connectivity index (χ0) is 32.2. The second-order valence-corrected chi connectivity index (χ2v) is 10.5. The van der Waals surface area contributed by atoms with Crippen molar-refractivity contribution in [2.45, 2.75) is 52.1 Å². The molecule has 5 rings (SSSR count). The molecule has 10 heteroatoms. The maximum absolute atomic E-state index is 13.2. The Bertz CT molecular complexity index is 1540. The molecule has 0 amide bonds. The summed E-state index contributed by atoms with van der Waals surface area (Å²) in [6.45, 7) is 6.20. The van der Waals surface area contributed by atoms with Crippen molar-refractivity contribution >= 4 is 10.9 Å². The first-order valence-corrected chi connectivity index (χ1v) is 14.3. The summed E-state index contributed by atoms with van der Waals surface area (Å²) in [6.07, 6.45) is -1.49. The van der Waals surface area contributed by atoms with Crippen LogP contribution in [0.4, 0.5) is 8.78 Å². The number of fused-ring (bicyclic) bond motifs is 1. The van der Waals surface area contributed by atoms with Gasteiger partial charge in [0.2, 0.25) is 0 Å². The van der Waals surface area contributed by atoms with Gasteiger partial charge in [-0.25, -0.2) is 0 Å². The zero-order valence-corrected chi connectivity index (χ0v) is 30.6. The van der Waals surface area contributed by atoms with Crippen LogP contribution in [0.25, 0.3) is 33.4 Å². The SMILES string of the molecule is CC(O)C(C(C)O)C(C(C)O)C(C)O.Fc1c[c-]c(-c2ccccn2)c(F)c1.[Ir].[Ir].[c-]1ccccc1-c1ccc2ccccc2n1. The van der Waals surface area contributed by atoms with Crippen molar-refractivity contribution in [3.05, 3.63) is 121 Å². The molecule has 0 saturated carbocycles. The van der Waals surface area contributed by atoms with Crippen molar-refractivity contribution in [2.24, 2.45) is 11.8 Å². The Labute approximate surface area is 296 Å². The van der Waals surface area contributed by atoms with Crippen LogP contribution in [0.3, 0.4) is 0 Å². The molecule has 0 aliphatic carbocycles. The van der Waals surface area contributed by atoms with Gasteiger partial charge in [0.15, 0.2) is 0 Å². The van der Waals surface area contributed by atoms with E-state index in [1.165, 1.54) is 5.39 Å². The predicted octanol–water partition coefficient (Wildman–Crippen LogP) is 6.27. The molecule has 2 heterocycles. The molecule has 4 atom stereocenters. The van der Waals surface area contributed by atoms with Crippen molar-refractivity contribution in [1.82, 2.24) is 9.97 Å². The van der Waals surface area contributed by atoms with Gasteiger partial charge in [-0.3, -0.25) is 13.8 Å². The molecule has 0 saturated heterocycles. The van der Waals surface area contributed by atoms with E-state index >= 15 is 0 Å². The van der Waals surface area contributed by atoms with Gasteiger partial charge in [0, 0.05) is 69.9 Å². The van der Waals surface area contributed by atoms with E-state index in [1.807, 2.05) is 48.5 Å². The first-order chi connectivity index (χ1) is 21.0. The number of rotatable bonds is 7. The third kappa shape index (κ3) is 12.1. The molecule has 2 aromatic heterocycles. The van der Waals surface area contributed by atoms with Crippen LogP contribution in [-0.2, 0) is 40.2 Å². The van der Waals surface area contributed by atoms with Gasteiger partial charge in [-0.15, -0.1) is 48.0 Å². The number of aliphatic hydroxyl groups is 4. The monoisotopic (exact) mass is 986 g/mol. The number of aliphatic hydroxyl groups excluding tert-OH is 4. The van der Waals surface area contributed by atoms with Crippen LogP contribution in [0.15, 0.2) is 97.2 Å². The van der Waals surface area contributed by atoms with Crippen LogP contribution in [0.2, 0.25) is 0 Å². The normalized spacial score (nSPS) is 14.3. The number of nitrogens with zero attached hydrogens (tertiary/aromatic N) is 2. The van der Waals surface area contributed by atoms with E-state index in [0.29, 0.717) is 5.69 Å². The molecule has 0 spiro atoms. The van der Waals surface area contributed by atoms with Crippen LogP contribution >= 0.6 is 0 Å². The zero-order valence-electron chi connectivity index (χ0n) is 25.8. The van der Waals surface area contributed by atoms with Gasteiger partial charge in [0.05, 0.1) is 29.9 Å². The molecule has 0 fully saturated rings. The van der Waals surface area contributed by atoms with Gasteiger partial charge in [-0.2, -0.15) is 0 Å². The largest absolute Gasteiger partial charge is 0.393 e. The fourth-order valence-corrected chi connectivity index (χ4v) is 5.01. The van der Waals surface area contributed by atoms with Crippen LogP contribution in [-0.4, -0.2) is 54.8 Å². The van der Waals surface area contributed by atoms with Crippen LogP contribution in [0, 0.1) is 35.6 Å². The third-order valence-electron chi connectivity index (χ3n) is 7.03. The molecule has 5 aromatic rings. The van der Waals surface area contributed by atoms with Gasteiger partial charge >= 0.3 is 0 Å². The predicted molar refractivity (Wildman–Crippen MR) is 168 cm³/mol. The average Bonchev–Trinajstić information content (AvgIpc) is 3.00. The molecule has 4 unspecified atom stereocenters. The van der Waals surface area contributed by atoms with Crippen molar-refractivity contribution in [3.63, 3.8) is 0 Å². The number of benzene rings is 3. The van der Waals surface area contributed by atoms with Gasteiger partial charge in [0.1, 0.15) is 0 Å². The summed E-state index contributed by atoms with van der Waals surface area (Å²) in [5.41, 5.74) is 3.67. The minimum atomic E-state index is -0.760. The standard InChI is InChI=1S/C15H10N.C11H6F2N.C10H22O4.2Ir/c1-2-6-12(7-3-1)15-11-10-13-8-4-5-9-14(13)16-15;12-8-4-5-9(10(13)7-8)11-3-1-2-6-14-11;1-5(11)9(6(2)12)10(7(3)13)8(4)14;;/h1-6,8-11H;1-4,6-7H;5-14H,1-4H3;;/q2*-1;;;. The van der Waals surface area contributed by atoms with Crippen molar-refractivity contribution in [3.8, 4) is 22.5 Å². The van der Waals surface area contributed by atoms with Crippen LogP contribution in [0.1, 0.15) is 27.7 Å². The third-order valence-corrected chi connectivity index (χ3v) is 7.03. The van der Waals surface area contributed by atoms with Crippen LogP contribution in [0.5, 0.6) is 0 Å². The number of pyridine rings is 2. The molecular formula is C36H38F2Ir2N2O4-2. The fraction of sp³-hybridized carbons (Fsp3) is 0.278. The molecular weight excluding hydrogens is 947 g/mol. The molecule has 2 radical (unpaired) electrons. The van der Waals surface area contributed by atoms with E-state index < -0.39 is 47.9 Å². The maximum Gasteiger partial charge on any atom is 0.0595 e. The minimum absolute atomic E-state index is 0. The smallest absolute Gasteiger partial charge is 0.0595 e. The van der Waals surface area contributed by atoms with E-state index in [-0.39, 0.29) is 45.8 Å². The minimum Gasteiger partial charge on any atom is -0.393 e.